The summed E-state index contributed by atoms with van der Waals surface area (Å²) in [6.45, 7) is 5.55. The van der Waals surface area contributed by atoms with Crippen LogP contribution in [-0.4, -0.2) is 91.8 Å². The number of nitrogens with one attached hydrogen (secondary N) is 2. The smallest absolute Gasteiger partial charge is 1.00 e. The van der Waals surface area contributed by atoms with Crippen LogP contribution in [0.3, 0.4) is 0 Å². The number of alkyl carbamates (subject to hydrolysis) is 1. The van der Waals surface area contributed by atoms with Gasteiger partial charge in [0.2, 0.25) is 21.9 Å². The maximum atomic E-state index is 13.4. The second kappa shape index (κ2) is 20.8. The van der Waals surface area contributed by atoms with E-state index in [1.807, 2.05) is 49.1 Å². The first kappa shape index (κ1) is 45.4. The Labute approximate surface area is 370 Å². The number of sulfonamides is 1. The molecule has 3 aromatic rings. The third-order valence-corrected chi connectivity index (χ3v) is 11.0. The Morgan fingerprint density at radius 2 is 1.83 bits per heavy atom. The molecule has 53 heavy (non-hydrogen) atoms. The van der Waals surface area contributed by atoms with Gasteiger partial charge in [0, 0.05) is 30.8 Å². The van der Waals surface area contributed by atoms with Crippen LogP contribution in [0.1, 0.15) is 32.8 Å². The number of anilines is 1. The number of rotatable bonds is 11. The van der Waals surface area contributed by atoms with E-state index in [1.165, 1.54) is 28.6 Å². The molecular formula is C35H44Cl3KN6O7S. The Kier molecular flexibility index (Phi) is 17.8. The third kappa shape index (κ3) is 12.5. The summed E-state index contributed by atoms with van der Waals surface area (Å²) in [7, 11) is -3.90. The van der Waals surface area contributed by atoms with Gasteiger partial charge in [-0.05, 0) is 54.3 Å². The van der Waals surface area contributed by atoms with Crippen LogP contribution in [0.4, 0.5) is 16.2 Å². The fraction of sp³-hybridized carbons (Fsp3) is 0.400. The SMILES string of the molecule is CC(C)CN(C[C@@H](O)[C@H](Cc1ccccc1)NC(=O)O[C@H]1CCOC1)S(=O)(=O)c1ccc(N)cc1.Cl.O=C1CN2Cc3c(ccc(Cl)c3Cl)N=C2N1.[H-].[K+]. The summed E-state index contributed by atoms with van der Waals surface area (Å²) in [5, 5.41) is 17.7. The molecule has 0 bridgehead atoms. The van der Waals surface area contributed by atoms with Crippen molar-refractivity contribution in [3.05, 3.63) is 87.9 Å². The number of guanidine groups is 1. The van der Waals surface area contributed by atoms with Gasteiger partial charge in [0.15, 0.2) is 0 Å². The summed E-state index contributed by atoms with van der Waals surface area (Å²) in [6.07, 6.45) is -1.29. The molecule has 3 heterocycles. The van der Waals surface area contributed by atoms with Gasteiger partial charge in [-0.25, -0.2) is 18.2 Å². The van der Waals surface area contributed by atoms with Gasteiger partial charge in [-0.1, -0.05) is 67.4 Å². The maximum absolute atomic E-state index is 13.4. The Balaban J connectivity index is 0.000000444. The summed E-state index contributed by atoms with van der Waals surface area (Å²) in [5.41, 5.74) is 8.70. The van der Waals surface area contributed by atoms with Crippen LogP contribution in [0.2, 0.25) is 10.0 Å². The van der Waals surface area contributed by atoms with Gasteiger partial charge in [-0.15, -0.1) is 12.4 Å². The number of halogens is 3. The Hall–Kier alpha value is -1.99. The summed E-state index contributed by atoms with van der Waals surface area (Å²) in [4.78, 5) is 30.1. The standard InChI is InChI=1S/C25H35N3O6S.C10H7Cl2N3O.ClH.K.H/c1-18(2)15-28(35(31,32)22-10-8-20(26)9-11-22)16-24(29)23(14-19-6-4-3-5-7-19)27-25(30)34-21-12-13-33-17-21;11-6-1-2-7-5(9(6)12)3-15-4-8(16)14-10(15)13-7;;;/h3-11,18,21,23-24,29H,12-17,26H2,1-2H3,(H,27,30);1-2H,3-4H2,(H,13,14,16);1H;;/q;;;+1;-1/t21-,23-,24+;;;;/m0..../s1. The van der Waals surface area contributed by atoms with Crippen molar-refractivity contribution in [1.29, 1.82) is 0 Å². The average molecular weight is 838 g/mol. The van der Waals surface area contributed by atoms with E-state index in [9.17, 15) is 23.1 Å². The second-order valence-corrected chi connectivity index (χ2v) is 15.6. The fourth-order valence-corrected chi connectivity index (χ4v) is 7.78. The molecule has 0 spiro atoms. The molecule has 2 saturated heterocycles. The number of amides is 2. The molecule has 0 radical (unpaired) electrons. The number of nitrogen functional groups attached to an aromatic ring is 1. The van der Waals surface area contributed by atoms with E-state index in [0.717, 1.165) is 16.8 Å². The number of nitrogens with zero attached hydrogens (tertiary/aromatic N) is 3. The van der Waals surface area contributed by atoms with E-state index in [4.69, 9.17) is 38.4 Å². The van der Waals surface area contributed by atoms with Crippen LogP contribution < -0.4 is 67.8 Å². The van der Waals surface area contributed by atoms with Crippen LogP contribution >= 0.6 is 35.6 Å². The molecule has 0 saturated carbocycles. The van der Waals surface area contributed by atoms with Gasteiger partial charge in [0.25, 0.3) is 0 Å². The molecule has 5 N–H and O–H groups in total. The molecule has 2 fully saturated rings. The van der Waals surface area contributed by atoms with E-state index in [-0.39, 0.29) is 101 Å². The van der Waals surface area contributed by atoms with Gasteiger partial charge in [-0.3, -0.25) is 10.1 Å². The topological polar surface area (TPSA) is 176 Å². The molecule has 3 aliphatic heterocycles. The second-order valence-electron chi connectivity index (χ2n) is 12.9. The predicted octanol–water partition coefficient (Wildman–Crippen LogP) is 1.87. The molecule has 3 aliphatic rings. The number of benzene rings is 3. The van der Waals surface area contributed by atoms with Crippen molar-refractivity contribution in [2.75, 3.05) is 38.6 Å². The van der Waals surface area contributed by atoms with Crippen LogP contribution in [0, 0.1) is 5.92 Å². The van der Waals surface area contributed by atoms with E-state index < -0.39 is 28.3 Å². The number of nitrogens with two attached hydrogens (primary N) is 1. The van der Waals surface area contributed by atoms with Crippen molar-refractivity contribution in [2.24, 2.45) is 10.9 Å². The quantitative estimate of drug-likeness (QED) is 0.166. The predicted molar refractivity (Wildman–Crippen MR) is 204 cm³/mol. The minimum Gasteiger partial charge on any atom is -1.00 e. The molecule has 18 heteroatoms. The largest absolute Gasteiger partial charge is 1.00 e. The number of ether oxygens (including phenoxy) is 2. The van der Waals surface area contributed by atoms with Gasteiger partial charge in [0.1, 0.15) is 12.6 Å². The number of carbonyl (C=O) groups is 2. The molecule has 284 valence electrons. The molecule has 0 aromatic heterocycles. The fourth-order valence-electron chi connectivity index (χ4n) is 5.76. The summed E-state index contributed by atoms with van der Waals surface area (Å²) < 4.78 is 38.7. The molecule has 0 unspecified atom stereocenters. The zero-order chi connectivity index (χ0) is 36.7. The average Bonchev–Trinajstić information content (AvgIpc) is 3.74. The van der Waals surface area contributed by atoms with E-state index >= 15 is 0 Å². The van der Waals surface area contributed by atoms with Crippen LogP contribution in [-0.2, 0) is 37.3 Å². The Bertz CT molecular complexity index is 1840. The molecular weight excluding hydrogens is 794 g/mol. The normalized spacial score (nSPS) is 17.2. The summed E-state index contributed by atoms with van der Waals surface area (Å²) in [5.74, 6) is 0.559. The Morgan fingerprint density at radius 3 is 2.47 bits per heavy atom. The number of hydrogen-bond acceptors (Lipinski definition) is 10. The van der Waals surface area contributed by atoms with Crippen molar-refractivity contribution in [2.45, 2.75) is 56.4 Å². The Morgan fingerprint density at radius 1 is 1.13 bits per heavy atom. The minimum atomic E-state index is -3.90. The number of hydrogen-bond donors (Lipinski definition) is 4. The first-order valence-electron chi connectivity index (χ1n) is 16.5. The van der Waals surface area contributed by atoms with E-state index in [0.29, 0.717) is 60.8 Å². The summed E-state index contributed by atoms with van der Waals surface area (Å²) in [6, 6.07) is 18.1. The van der Waals surface area contributed by atoms with Gasteiger partial charge >= 0.3 is 57.5 Å². The molecule has 2 amide bonds. The van der Waals surface area contributed by atoms with E-state index in [1.54, 1.807) is 12.1 Å². The molecule has 13 nitrogen and oxygen atoms in total. The van der Waals surface area contributed by atoms with Crippen LogP contribution in [0.5, 0.6) is 0 Å². The number of aliphatic imine (C=N–C) groups is 1. The van der Waals surface area contributed by atoms with Gasteiger partial charge in [0.05, 0.1) is 52.5 Å². The number of fused-ring (bicyclic) bond motifs is 2. The van der Waals surface area contributed by atoms with Crippen molar-refractivity contribution < 1.29 is 85.4 Å². The first-order chi connectivity index (χ1) is 24.3. The van der Waals surface area contributed by atoms with Crippen LogP contribution in [0.25, 0.3) is 0 Å². The van der Waals surface area contributed by atoms with Crippen molar-refractivity contribution in [1.82, 2.24) is 19.8 Å². The number of carbonyl (C=O) groups excluding carboxylic acids is 2. The van der Waals surface area contributed by atoms with E-state index in [2.05, 4.69) is 15.6 Å². The maximum Gasteiger partial charge on any atom is 1.00 e. The zero-order valence-electron chi connectivity index (χ0n) is 30.7. The molecule has 6 rings (SSSR count). The minimum absolute atomic E-state index is 0. The molecule has 0 aliphatic carbocycles. The third-order valence-electron chi connectivity index (χ3n) is 8.34. The van der Waals surface area contributed by atoms with Crippen molar-refractivity contribution >= 4 is 75.0 Å². The van der Waals surface area contributed by atoms with Gasteiger partial charge in [-0.2, -0.15) is 4.31 Å². The first-order valence-corrected chi connectivity index (χ1v) is 18.7. The van der Waals surface area contributed by atoms with Crippen LogP contribution in [0.15, 0.2) is 76.6 Å². The van der Waals surface area contributed by atoms with Gasteiger partial charge < -0.3 is 32.0 Å². The zero-order valence-corrected chi connectivity index (χ0v) is 36.0. The van der Waals surface area contributed by atoms with Crippen molar-refractivity contribution in [3.63, 3.8) is 0 Å². The number of aliphatic hydroxyl groups is 1. The molecule has 3 atom stereocenters. The molecule has 3 aromatic carbocycles. The number of aliphatic hydroxyl groups excluding tert-OH is 1. The monoisotopic (exact) mass is 836 g/mol. The van der Waals surface area contributed by atoms with Crippen molar-refractivity contribution in [3.8, 4) is 0 Å². The summed E-state index contributed by atoms with van der Waals surface area (Å²) >= 11 is 12.0.